The molecule has 1 aromatic carbocycles. The zero-order valence-corrected chi connectivity index (χ0v) is 13.1. The summed E-state index contributed by atoms with van der Waals surface area (Å²) in [5.74, 6) is 1.31. The third-order valence-electron chi connectivity index (χ3n) is 4.23. The third-order valence-corrected chi connectivity index (χ3v) is 4.23. The number of rotatable bonds is 3. The van der Waals surface area contributed by atoms with Crippen LogP contribution in [-0.2, 0) is 16.8 Å². The van der Waals surface area contributed by atoms with Gasteiger partial charge in [-0.25, -0.2) is 0 Å². The molecule has 0 saturated heterocycles. The van der Waals surface area contributed by atoms with Gasteiger partial charge in [-0.3, -0.25) is 4.79 Å². The monoisotopic (exact) mass is 336 g/mol. The molecular formula is C15H17ClN4O3. The molecule has 1 aliphatic heterocycles. The van der Waals surface area contributed by atoms with Crippen molar-refractivity contribution in [3.63, 3.8) is 0 Å². The lowest BCUT2D eigenvalue weighted by Gasteiger charge is -2.34. The normalized spacial score (nSPS) is 21.3. The molecule has 0 radical (unpaired) electrons. The molecule has 1 aliphatic carbocycles. The number of aromatic nitrogens is 2. The van der Waals surface area contributed by atoms with Gasteiger partial charge in [0.2, 0.25) is 5.89 Å². The van der Waals surface area contributed by atoms with E-state index in [0.29, 0.717) is 23.2 Å². The van der Waals surface area contributed by atoms with E-state index in [9.17, 15) is 4.79 Å². The number of nitrogens with zero attached hydrogens (tertiary/aromatic N) is 2. The van der Waals surface area contributed by atoms with Crippen LogP contribution in [0.25, 0.3) is 0 Å². The Kier molecular flexibility index (Phi) is 3.99. The van der Waals surface area contributed by atoms with Gasteiger partial charge in [0.1, 0.15) is 5.75 Å². The van der Waals surface area contributed by atoms with Gasteiger partial charge in [-0.15, -0.1) is 12.4 Å². The number of ether oxygens (including phenoxy) is 1. The fourth-order valence-electron chi connectivity index (χ4n) is 2.71. The Hall–Kier alpha value is -2.12. The van der Waals surface area contributed by atoms with E-state index in [1.807, 2.05) is 18.2 Å². The molecule has 0 bridgehead atoms. The molecule has 2 heterocycles. The Morgan fingerprint density at radius 3 is 2.87 bits per heavy atom. The Morgan fingerprint density at radius 1 is 1.35 bits per heavy atom. The summed E-state index contributed by atoms with van der Waals surface area (Å²) >= 11 is 0. The summed E-state index contributed by atoms with van der Waals surface area (Å²) in [6.07, 6.45) is 2.34. The molecule has 1 fully saturated rings. The summed E-state index contributed by atoms with van der Waals surface area (Å²) in [7, 11) is 0. The number of benzene rings is 1. The van der Waals surface area contributed by atoms with E-state index in [1.165, 1.54) is 0 Å². The minimum atomic E-state index is -0.682. The number of nitrogens with two attached hydrogens (primary N) is 1. The fourth-order valence-corrected chi connectivity index (χ4v) is 2.71. The van der Waals surface area contributed by atoms with Gasteiger partial charge in [-0.1, -0.05) is 17.3 Å². The first-order chi connectivity index (χ1) is 10.6. The lowest BCUT2D eigenvalue weighted by atomic mass is 9.77. The number of amides is 1. The average molecular weight is 337 g/mol. The Morgan fingerprint density at radius 2 is 2.13 bits per heavy atom. The maximum atomic E-state index is 12.1. The smallest absolute Gasteiger partial charge is 0.266 e. The molecule has 2 aromatic rings. The van der Waals surface area contributed by atoms with Gasteiger partial charge in [0.25, 0.3) is 5.91 Å². The SMILES string of the molecule is Cl.NC1(c2noc(CC3Oc4ccccc4NC3=O)n2)CCC1. The van der Waals surface area contributed by atoms with Crippen molar-refractivity contribution in [3.05, 3.63) is 36.0 Å². The molecule has 122 valence electrons. The quantitative estimate of drug-likeness (QED) is 0.885. The molecule has 4 rings (SSSR count). The lowest BCUT2D eigenvalue weighted by molar-refractivity contribution is -0.123. The molecule has 2 aliphatic rings. The van der Waals surface area contributed by atoms with Crippen LogP contribution in [0.2, 0.25) is 0 Å². The molecule has 7 nitrogen and oxygen atoms in total. The largest absolute Gasteiger partial charge is 0.478 e. The van der Waals surface area contributed by atoms with Crippen molar-refractivity contribution in [2.45, 2.75) is 37.3 Å². The number of para-hydroxylation sites is 2. The van der Waals surface area contributed by atoms with Crippen molar-refractivity contribution in [3.8, 4) is 5.75 Å². The van der Waals surface area contributed by atoms with Crippen LogP contribution in [0, 0.1) is 0 Å². The molecule has 1 atom stereocenters. The third kappa shape index (κ3) is 2.77. The lowest BCUT2D eigenvalue weighted by Crippen LogP contribution is -2.44. The fraction of sp³-hybridized carbons (Fsp3) is 0.400. The van der Waals surface area contributed by atoms with Crippen LogP contribution in [0.3, 0.4) is 0 Å². The zero-order chi connectivity index (χ0) is 15.2. The van der Waals surface area contributed by atoms with Crippen LogP contribution in [0.15, 0.2) is 28.8 Å². The second kappa shape index (κ2) is 5.82. The number of hydrogen-bond donors (Lipinski definition) is 2. The maximum Gasteiger partial charge on any atom is 0.266 e. The zero-order valence-electron chi connectivity index (χ0n) is 12.3. The van der Waals surface area contributed by atoms with Crippen LogP contribution in [-0.4, -0.2) is 22.2 Å². The summed E-state index contributed by atoms with van der Waals surface area (Å²) < 4.78 is 10.9. The highest BCUT2D eigenvalue weighted by Crippen LogP contribution is 2.37. The van der Waals surface area contributed by atoms with Crippen molar-refractivity contribution in [2.24, 2.45) is 5.73 Å². The first kappa shape index (κ1) is 15.8. The number of carbonyl (C=O) groups is 1. The predicted molar refractivity (Wildman–Crippen MR) is 84.5 cm³/mol. The van der Waals surface area contributed by atoms with Crippen LogP contribution in [0.4, 0.5) is 5.69 Å². The molecular weight excluding hydrogens is 320 g/mol. The minimum absolute atomic E-state index is 0. The highest BCUT2D eigenvalue weighted by atomic mass is 35.5. The molecule has 1 unspecified atom stereocenters. The summed E-state index contributed by atoms with van der Waals surface area (Å²) in [6, 6.07) is 7.30. The first-order valence-corrected chi connectivity index (χ1v) is 7.33. The molecule has 1 aromatic heterocycles. The number of fused-ring (bicyclic) bond motifs is 1. The summed E-state index contributed by atoms with van der Waals surface area (Å²) in [4.78, 5) is 16.4. The highest BCUT2D eigenvalue weighted by Gasteiger charge is 2.39. The number of hydrogen-bond acceptors (Lipinski definition) is 6. The molecule has 1 amide bonds. The van der Waals surface area contributed by atoms with E-state index >= 15 is 0 Å². The van der Waals surface area contributed by atoms with Crippen molar-refractivity contribution in [1.29, 1.82) is 0 Å². The second-order valence-electron chi connectivity index (χ2n) is 5.82. The number of nitrogens with one attached hydrogen (secondary N) is 1. The van der Waals surface area contributed by atoms with E-state index in [0.717, 1.165) is 19.3 Å². The summed E-state index contributed by atoms with van der Waals surface area (Å²) in [5, 5.41) is 6.76. The van der Waals surface area contributed by atoms with Gasteiger partial charge in [-0.05, 0) is 31.4 Å². The number of anilines is 1. The number of carbonyl (C=O) groups excluding carboxylic acids is 1. The topological polar surface area (TPSA) is 103 Å². The first-order valence-electron chi connectivity index (χ1n) is 7.33. The highest BCUT2D eigenvalue weighted by molar-refractivity contribution is 5.97. The Balaban J connectivity index is 0.00000156. The predicted octanol–water partition coefficient (Wildman–Crippen LogP) is 1.77. The maximum absolute atomic E-state index is 12.1. The molecule has 23 heavy (non-hydrogen) atoms. The van der Waals surface area contributed by atoms with Crippen LogP contribution < -0.4 is 15.8 Å². The van der Waals surface area contributed by atoms with Gasteiger partial charge in [0.15, 0.2) is 11.9 Å². The molecule has 1 saturated carbocycles. The Labute approximate surface area is 139 Å². The number of halogens is 1. The van der Waals surface area contributed by atoms with Crippen molar-refractivity contribution in [1.82, 2.24) is 10.1 Å². The van der Waals surface area contributed by atoms with E-state index in [-0.39, 0.29) is 24.7 Å². The molecule has 3 N–H and O–H groups in total. The van der Waals surface area contributed by atoms with E-state index in [2.05, 4.69) is 15.5 Å². The van der Waals surface area contributed by atoms with Crippen molar-refractivity contribution < 1.29 is 14.1 Å². The van der Waals surface area contributed by atoms with Crippen LogP contribution in [0.5, 0.6) is 5.75 Å². The average Bonchev–Trinajstić information content (AvgIpc) is 2.94. The van der Waals surface area contributed by atoms with E-state index in [1.54, 1.807) is 6.07 Å². The van der Waals surface area contributed by atoms with Gasteiger partial charge in [-0.2, -0.15) is 4.98 Å². The molecule has 0 spiro atoms. The van der Waals surface area contributed by atoms with Crippen LogP contribution >= 0.6 is 12.4 Å². The molecule has 8 heteroatoms. The summed E-state index contributed by atoms with van der Waals surface area (Å²) in [6.45, 7) is 0. The van der Waals surface area contributed by atoms with E-state index in [4.69, 9.17) is 15.0 Å². The van der Waals surface area contributed by atoms with Crippen molar-refractivity contribution in [2.75, 3.05) is 5.32 Å². The van der Waals surface area contributed by atoms with Crippen molar-refractivity contribution >= 4 is 24.0 Å². The Bertz CT molecular complexity index is 729. The minimum Gasteiger partial charge on any atom is -0.478 e. The van der Waals surface area contributed by atoms with Gasteiger partial charge < -0.3 is 20.3 Å². The van der Waals surface area contributed by atoms with Crippen LogP contribution in [0.1, 0.15) is 31.0 Å². The van der Waals surface area contributed by atoms with Gasteiger partial charge >= 0.3 is 0 Å². The van der Waals surface area contributed by atoms with Gasteiger partial charge in [0, 0.05) is 0 Å². The van der Waals surface area contributed by atoms with E-state index < -0.39 is 11.6 Å². The van der Waals surface area contributed by atoms with Gasteiger partial charge in [0.05, 0.1) is 17.6 Å². The standard InChI is InChI=1S/C15H16N4O3.ClH/c16-15(6-3-7-15)14-18-12(22-19-14)8-11-13(20)17-9-4-1-2-5-10(9)21-11;/h1-2,4-5,11H,3,6-8,16H2,(H,17,20);1H. The summed E-state index contributed by atoms with van der Waals surface area (Å²) in [5.41, 5.74) is 6.37. The second-order valence-corrected chi connectivity index (χ2v) is 5.82.